The molecule has 41 heavy (non-hydrogen) atoms. The first-order valence-electron chi connectivity index (χ1n) is 13.7. The highest BCUT2D eigenvalue weighted by molar-refractivity contribution is 5.68. The van der Waals surface area contributed by atoms with Crippen LogP contribution in [0.5, 0.6) is 5.88 Å². The molecule has 0 bridgehead atoms. The fourth-order valence-electron chi connectivity index (χ4n) is 5.38. The van der Waals surface area contributed by atoms with Crippen LogP contribution in [0.4, 0.5) is 18.0 Å². The van der Waals surface area contributed by atoms with Crippen molar-refractivity contribution in [2.24, 2.45) is 0 Å². The standard InChI is InChI=1S/C27H36F3N5O6/c1-15-20-23(40-26(5,6)39-20)22(38-19-9-7-8-18(31-19)27(28,29)30)21(37-15)17-14-35(33-32-17)16-10-12-34(13-11-16)24(36)41-25(2,3)4/h7-9,14-16,20-23H,10-13H2,1-6H3/t15-,20+,21-,22+,23+/m1/s1. The molecular weight excluding hydrogens is 547 g/mol. The highest BCUT2D eigenvalue weighted by Crippen LogP contribution is 2.43. The predicted molar refractivity (Wildman–Crippen MR) is 137 cm³/mol. The normalized spacial score (nSPS) is 28.8. The summed E-state index contributed by atoms with van der Waals surface area (Å²) in [7, 11) is 0. The van der Waals surface area contributed by atoms with Crippen molar-refractivity contribution >= 4 is 6.09 Å². The minimum atomic E-state index is -4.63. The van der Waals surface area contributed by atoms with Crippen LogP contribution in [-0.4, -0.2) is 79.9 Å². The van der Waals surface area contributed by atoms with Crippen LogP contribution in [-0.2, 0) is 25.1 Å². The number of hydrogen-bond donors (Lipinski definition) is 0. The zero-order valence-corrected chi connectivity index (χ0v) is 23.9. The lowest BCUT2D eigenvalue weighted by molar-refractivity contribution is -0.178. The van der Waals surface area contributed by atoms with Crippen LogP contribution in [0.15, 0.2) is 24.4 Å². The molecule has 0 aliphatic carbocycles. The van der Waals surface area contributed by atoms with Crippen LogP contribution in [0.25, 0.3) is 0 Å². The minimum Gasteiger partial charge on any atom is -0.468 e. The van der Waals surface area contributed by atoms with E-state index in [1.54, 1.807) is 29.6 Å². The summed E-state index contributed by atoms with van der Waals surface area (Å²) in [4.78, 5) is 17.8. The smallest absolute Gasteiger partial charge is 0.433 e. The Balaban J connectivity index is 1.35. The lowest BCUT2D eigenvalue weighted by Gasteiger charge is -2.40. The Morgan fingerprint density at radius 2 is 1.78 bits per heavy atom. The van der Waals surface area contributed by atoms with E-state index in [1.807, 2.05) is 27.7 Å². The van der Waals surface area contributed by atoms with Crippen molar-refractivity contribution < 1.29 is 41.7 Å². The van der Waals surface area contributed by atoms with E-state index in [1.165, 1.54) is 12.1 Å². The van der Waals surface area contributed by atoms with Crippen molar-refractivity contribution in [2.45, 2.75) is 109 Å². The first-order valence-corrected chi connectivity index (χ1v) is 13.7. The number of piperidine rings is 1. The molecule has 11 nitrogen and oxygen atoms in total. The number of alkyl halides is 3. The topological polar surface area (TPSA) is 110 Å². The second kappa shape index (κ2) is 10.7. The number of carbonyl (C=O) groups is 1. The molecule has 0 spiro atoms. The maximum absolute atomic E-state index is 13.3. The van der Waals surface area contributed by atoms with E-state index >= 15 is 0 Å². The monoisotopic (exact) mass is 583 g/mol. The van der Waals surface area contributed by atoms with Crippen molar-refractivity contribution in [1.29, 1.82) is 0 Å². The Labute approximate surface area is 236 Å². The fourth-order valence-corrected chi connectivity index (χ4v) is 5.38. The zero-order valence-electron chi connectivity index (χ0n) is 23.9. The van der Waals surface area contributed by atoms with Crippen LogP contribution in [0.2, 0.25) is 0 Å². The number of ether oxygens (including phenoxy) is 5. The van der Waals surface area contributed by atoms with Crippen molar-refractivity contribution in [2.75, 3.05) is 13.1 Å². The van der Waals surface area contributed by atoms with Crippen molar-refractivity contribution in [1.82, 2.24) is 24.9 Å². The Morgan fingerprint density at radius 3 is 2.44 bits per heavy atom. The number of amides is 1. The molecule has 226 valence electrons. The van der Waals surface area contributed by atoms with Gasteiger partial charge in [0.1, 0.15) is 35.3 Å². The molecular formula is C27H36F3N5O6. The van der Waals surface area contributed by atoms with Gasteiger partial charge in [-0.3, -0.25) is 0 Å². The van der Waals surface area contributed by atoms with Gasteiger partial charge in [0.25, 0.3) is 0 Å². The van der Waals surface area contributed by atoms with Gasteiger partial charge in [0.15, 0.2) is 11.9 Å². The van der Waals surface area contributed by atoms with Crippen LogP contribution in [0, 0.1) is 0 Å². The van der Waals surface area contributed by atoms with Crippen molar-refractivity contribution in [3.8, 4) is 5.88 Å². The van der Waals surface area contributed by atoms with Crippen LogP contribution in [0.3, 0.4) is 0 Å². The zero-order chi connectivity index (χ0) is 29.7. The molecule has 1 amide bonds. The third-order valence-electron chi connectivity index (χ3n) is 7.19. The van der Waals surface area contributed by atoms with Gasteiger partial charge in [-0.1, -0.05) is 11.3 Å². The molecule has 0 saturated carbocycles. The van der Waals surface area contributed by atoms with E-state index in [0.29, 0.717) is 31.6 Å². The summed E-state index contributed by atoms with van der Waals surface area (Å²) in [6, 6.07) is 3.46. The minimum absolute atomic E-state index is 0.0156. The van der Waals surface area contributed by atoms with Gasteiger partial charge < -0.3 is 28.6 Å². The van der Waals surface area contributed by atoms with Crippen LogP contribution in [0.1, 0.15) is 77.9 Å². The maximum Gasteiger partial charge on any atom is 0.433 e. The number of halogens is 3. The fraction of sp³-hybridized carbons (Fsp3) is 0.704. The predicted octanol–water partition coefficient (Wildman–Crippen LogP) is 4.69. The molecule has 5 atom stereocenters. The summed E-state index contributed by atoms with van der Waals surface area (Å²) in [5, 5.41) is 8.69. The molecule has 3 aliphatic rings. The molecule has 0 radical (unpaired) electrons. The molecule has 0 N–H and O–H groups in total. The highest BCUT2D eigenvalue weighted by atomic mass is 19.4. The third kappa shape index (κ3) is 6.59. The number of rotatable bonds is 4. The number of carbonyl (C=O) groups excluding carboxylic acids is 1. The Kier molecular flexibility index (Phi) is 7.70. The molecule has 3 fully saturated rings. The molecule has 5 heterocycles. The van der Waals surface area contributed by atoms with Gasteiger partial charge in [0.05, 0.1) is 18.3 Å². The second-order valence-electron chi connectivity index (χ2n) is 12.1. The number of nitrogens with zero attached hydrogens (tertiary/aromatic N) is 5. The van der Waals surface area contributed by atoms with Crippen molar-refractivity contribution in [3.05, 3.63) is 35.8 Å². The summed E-state index contributed by atoms with van der Waals surface area (Å²) in [5.74, 6) is -1.17. The van der Waals surface area contributed by atoms with Gasteiger partial charge in [0, 0.05) is 19.2 Å². The number of pyridine rings is 1. The molecule has 0 unspecified atom stereocenters. The Hall–Kier alpha value is -2.97. The molecule has 5 rings (SSSR count). The van der Waals surface area contributed by atoms with Gasteiger partial charge in [-0.25, -0.2) is 14.5 Å². The molecule has 0 aromatic carbocycles. The number of likely N-dealkylation sites (tertiary alicyclic amines) is 1. The lowest BCUT2D eigenvalue weighted by atomic mass is 9.94. The molecule has 2 aromatic rings. The summed E-state index contributed by atoms with van der Waals surface area (Å²) < 4.78 is 71.8. The number of fused-ring (bicyclic) bond motifs is 1. The van der Waals surface area contributed by atoms with E-state index in [9.17, 15) is 18.0 Å². The largest absolute Gasteiger partial charge is 0.468 e. The highest BCUT2D eigenvalue weighted by Gasteiger charge is 2.56. The lowest BCUT2D eigenvalue weighted by Crippen LogP contribution is -2.54. The second-order valence-corrected chi connectivity index (χ2v) is 12.1. The average molecular weight is 584 g/mol. The van der Waals surface area contributed by atoms with Gasteiger partial charge in [-0.2, -0.15) is 13.2 Å². The Bertz CT molecular complexity index is 1240. The maximum atomic E-state index is 13.3. The van der Waals surface area contributed by atoms with E-state index in [4.69, 9.17) is 23.7 Å². The van der Waals surface area contributed by atoms with Crippen molar-refractivity contribution in [3.63, 3.8) is 0 Å². The van der Waals surface area contributed by atoms with Crippen LogP contribution < -0.4 is 4.74 Å². The van der Waals surface area contributed by atoms with Gasteiger partial charge in [-0.15, -0.1) is 5.10 Å². The summed E-state index contributed by atoms with van der Waals surface area (Å²) in [5.41, 5.74) is -1.20. The van der Waals surface area contributed by atoms with Gasteiger partial charge in [0.2, 0.25) is 5.88 Å². The SMILES string of the molecule is C[C@H]1O[C@H](c2cn(C3CCN(C(=O)OC(C)(C)C)CC3)nn2)[C@H](Oc2cccc(C(F)(F)F)n2)[C@H]2OC(C)(C)O[C@H]21. The Morgan fingerprint density at radius 1 is 1.10 bits per heavy atom. The summed E-state index contributed by atoms with van der Waals surface area (Å²) >= 11 is 0. The summed E-state index contributed by atoms with van der Waals surface area (Å²) in [6.07, 6.45) is -5.30. The number of hydrogen-bond acceptors (Lipinski definition) is 9. The van der Waals surface area contributed by atoms with Gasteiger partial charge >= 0.3 is 12.3 Å². The molecule has 3 aliphatic heterocycles. The third-order valence-corrected chi connectivity index (χ3v) is 7.19. The quantitative estimate of drug-likeness (QED) is 0.506. The first-order chi connectivity index (χ1) is 19.1. The van der Waals surface area contributed by atoms with Crippen LogP contribution >= 0.6 is 0 Å². The van der Waals surface area contributed by atoms with E-state index < -0.39 is 53.8 Å². The van der Waals surface area contributed by atoms with E-state index in [-0.39, 0.29) is 18.0 Å². The summed E-state index contributed by atoms with van der Waals surface area (Å²) in [6.45, 7) is 11.8. The van der Waals surface area contributed by atoms with Gasteiger partial charge in [-0.05, 0) is 60.5 Å². The first kappa shape index (κ1) is 29.5. The molecule has 14 heteroatoms. The van der Waals surface area contributed by atoms with E-state index in [2.05, 4.69) is 15.3 Å². The molecule has 2 aromatic heterocycles. The van der Waals surface area contributed by atoms with E-state index in [0.717, 1.165) is 6.07 Å². The average Bonchev–Trinajstić information content (AvgIpc) is 3.49. The number of aromatic nitrogens is 4. The molecule has 3 saturated heterocycles.